The van der Waals surface area contributed by atoms with E-state index < -0.39 is 10.0 Å². The topological polar surface area (TPSA) is 95.2 Å². The highest BCUT2D eigenvalue weighted by Crippen LogP contribution is 2.21. The van der Waals surface area contributed by atoms with Gasteiger partial charge in [0.05, 0.1) is 22.2 Å². The predicted molar refractivity (Wildman–Crippen MR) is 101 cm³/mol. The van der Waals surface area contributed by atoms with Crippen LogP contribution in [-0.4, -0.2) is 41.9 Å². The van der Waals surface area contributed by atoms with Crippen molar-refractivity contribution in [2.24, 2.45) is 0 Å². The van der Waals surface area contributed by atoms with Crippen LogP contribution >= 0.6 is 0 Å². The van der Waals surface area contributed by atoms with Gasteiger partial charge in [0.2, 0.25) is 10.0 Å². The van der Waals surface area contributed by atoms with Crippen LogP contribution in [0.15, 0.2) is 53.6 Å². The van der Waals surface area contributed by atoms with Crippen molar-refractivity contribution in [3.63, 3.8) is 0 Å². The molecule has 1 heterocycles. The number of benzene rings is 2. The van der Waals surface area contributed by atoms with E-state index >= 15 is 0 Å². The molecule has 0 saturated heterocycles. The fraction of sp³-hybridized carbons (Fsp3) is 0.222. The molecule has 0 aliphatic carbocycles. The first-order valence-electron chi connectivity index (χ1n) is 8.31. The molecule has 26 heavy (non-hydrogen) atoms. The van der Waals surface area contributed by atoms with E-state index in [2.05, 4.69) is 15.5 Å². The number of aromatic amines is 1. The lowest BCUT2D eigenvalue weighted by atomic mass is 10.1. The van der Waals surface area contributed by atoms with Crippen molar-refractivity contribution in [1.29, 1.82) is 0 Å². The lowest BCUT2D eigenvalue weighted by molar-refractivity contribution is 0.102. The molecule has 0 aliphatic rings. The third kappa shape index (κ3) is 3.33. The molecule has 0 atom stereocenters. The summed E-state index contributed by atoms with van der Waals surface area (Å²) in [6.45, 7) is 4.35. The summed E-state index contributed by atoms with van der Waals surface area (Å²) in [5.41, 5.74) is 1.49. The molecule has 0 bridgehead atoms. The van der Waals surface area contributed by atoms with Crippen molar-refractivity contribution >= 4 is 32.5 Å². The second kappa shape index (κ2) is 7.27. The Bertz CT molecular complexity index is 1040. The van der Waals surface area contributed by atoms with E-state index in [1.165, 1.54) is 16.4 Å². The molecule has 2 aromatic carbocycles. The number of carbonyl (C=O) groups is 1. The number of sulfonamides is 1. The molecule has 0 fully saturated rings. The van der Waals surface area contributed by atoms with Crippen molar-refractivity contribution in [2.75, 3.05) is 18.4 Å². The van der Waals surface area contributed by atoms with Gasteiger partial charge in [-0.2, -0.15) is 9.40 Å². The van der Waals surface area contributed by atoms with Gasteiger partial charge in [0.25, 0.3) is 5.91 Å². The third-order valence-corrected chi connectivity index (χ3v) is 6.20. The minimum Gasteiger partial charge on any atom is -0.322 e. The van der Waals surface area contributed by atoms with Crippen LogP contribution in [0.5, 0.6) is 0 Å². The van der Waals surface area contributed by atoms with Crippen molar-refractivity contribution in [3.05, 3.63) is 54.2 Å². The number of hydrogen-bond acceptors (Lipinski definition) is 4. The maximum atomic E-state index is 12.6. The van der Waals surface area contributed by atoms with E-state index in [1.807, 2.05) is 6.07 Å². The summed E-state index contributed by atoms with van der Waals surface area (Å²) in [4.78, 5) is 12.8. The van der Waals surface area contributed by atoms with E-state index in [-0.39, 0.29) is 10.8 Å². The number of nitrogens with one attached hydrogen (secondary N) is 2. The van der Waals surface area contributed by atoms with Gasteiger partial charge >= 0.3 is 0 Å². The largest absolute Gasteiger partial charge is 0.322 e. The standard InChI is InChI=1S/C18H20N4O3S/c1-3-22(4-2)26(24,25)15-9-6-8-14(11-15)20-18(23)16-10-5-7-13-12-19-21-17(13)16/h5-12H,3-4H2,1-2H3,(H,19,21)(H,20,23). The van der Waals surface area contributed by atoms with E-state index in [9.17, 15) is 13.2 Å². The van der Waals surface area contributed by atoms with Gasteiger partial charge < -0.3 is 5.32 Å². The molecule has 1 amide bonds. The number of hydrogen-bond donors (Lipinski definition) is 2. The zero-order valence-electron chi connectivity index (χ0n) is 14.6. The molecule has 3 aromatic rings. The van der Waals surface area contributed by atoms with Gasteiger partial charge in [-0.3, -0.25) is 9.89 Å². The summed E-state index contributed by atoms with van der Waals surface area (Å²) < 4.78 is 26.7. The SMILES string of the molecule is CCN(CC)S(=O)(=O)c1cccc(NC(=O)c2cccc3cn[nH]c23)c1. The second-order valence-electron chi connectivity index (χ2n) is 5.71. The number of amides is 1. The number of aromatic nitrogens is 2. The monoisotopic (exact) mass is 372 g/mol. The smallest absolute Gasteiger partial charge is 0.257 e. The molecule has 3 rings (SSSR count). The van der Waals surface area contributed by atoms with Crippen molar-refractivity contribution in [3.8, 4) is 0 Å². The van der Waals surface area contributed by atoms with Crippen LogP contribution < -0.4 is 5.32 Å². The van der Waals surface area contributed by atoms with E-state index in [4.69, 9.17) is 0 Å². The quantitative estimate of drug-likeness (QED) is 0.695. The summed E-state index contributed by atoms with van der Waals surface area (Å²) in [5.74, 6) is -0.336. The van der Waals surface area contributed by atoms with Gasteiger partial charge in [0, 0.05) is 24.2 Å². The molecule has 0 saturated carbocycles. The van der Waals surface area contributed by atoms with Crippen molar-refractivity contribution < 1.29 is 13.2 Å². The number of anilines is 1. The molecule has 136 valence electrons. The average Bonchev–Trinajstić information content (AvgIpc) is 3.11. The first kappa shape index (κ1) is 18.1. The van der Waals surface area contributed by atoms with Gasteiger partial charge in [0.1, 0.15) is 0 Å². The third-order valence-electron chi connectivity index (χ3n) is 4.16. The fourth-order valence-electron chi connectivity index (χ4n) is 2.80. The average molecular weight is 372 g/mol. The highest BCUT2D eigenvalue weighted by Gasteiger charge is 2.22. The molecule has 0 radical (unpaired) electrons. The molecular formula is C18H20N4O3S. The maximum Gasteiger partial charge on any atom is 0.257 e. The van der Waals surface area contributed by atoms with Gasteiger partial charge in [0.15, 0.2) is 0 Å². The Balaban J connectivity index is 1.90. The van der Waals surface area contributed by atoms with Crippen LogP contribution in [-0.2, 0) is 10.0 Å². The predicted octanol–water partition coefficient (Wildman–Crippen LogP) is 2.85. The lowest BCUT2D eigenvalue weighted by Gasteiger charge is -2.18. The lowest BCUT2D eigenvalue weighted by Crippen LogP contribution is -2.30. The number of H-pyrrole nitrogens is 1. The molecule has 0 aliphatic heterocycles. The molecule has 8 heteroatoms. The van der Waals surface area contributed by atoms with E-state index in [0.29, 0.717) is 29.9 Å². The highest BCUT2D eigenvalue weighted by molar-refractivity contribution is 7.89. The van der Waals surface area contributed by atoms with E-state index in [0.717, 1.165) is 5.39 Å². The molecule has 2 N–H and O–H groups in total. The van der Waals surface area contributed by atoms with Crippen molar-refractivity contribution in [1.82, 2.24) is 14.5 Å². The van der Waals surface area contributed by atoms with Crippen LogP contribution in [0.4, 0.5) is 5.69 Å². The first-order valence-corrected chi connectivity index (χ1v) is 9.75. The van der Waals surface area contributed by atoms with Crippen LogP contribution in [0.2, 0.25) is 0 Å². The maximum absolute atomic E-state index is 12.6. The summed E-state index contributed by atoms with van der Waals surface area (Å²) in [5, 5.41) is 10.3. The Hall–Kier alpha value is -2.71. The number of fused-ring (bicyclic) bond motifs is 1. The molecule has 7 nitrogen and oxygen atoms in total. The Morgan fingerprint density at radius 2 is 1.88 bits per heavy atom. The van der Waals surface area contributed by atoms with Gasteiger partial charge in [-0.25, -0.2) is 8.42 Å². The summed E-state index contributed by atoms with van der Waals surface area (Å²) in [6.07, 6.45) is 1.64. The Morgan fingerprint density at radius 3 is 2.62 bits per heavy atom. The van der Waals surface area contributed by atoms with Gasteiger partial charge in [-0.05, 0) is 24.3 Å². The Kier molecular flexibility index (Phi) is 5.06. The highest BCUT2D eigenvalue weighted by atomic mass is 32.2. The zero-order chi connectivity index (χ0) is 18.7. The van der Waals surface area contributed by atoms with Crippen molar-refractivity contribution in [2.45, 2.75) is 18.7 Å². The number of rotatable bonds is 6. The van der Waals surface area contributed by atoms with Gasteiger partial charge in [-0.1, -0.05) is 32.0 Å². The number of para-hydroxylation sites is 1. The Labute approximate surface area is 152 Å². The first-order chi connectivity index (χ1) is 12.5. The molecule has 0 spiro atoms. The van der Waals surface area contributed by atoms with Crippen LogP contribution in [0.3, 0.4) is 0 Å². The second-order valence-corrected chi connectivity index (χ2v) is 7.65. The minimum atomic E-state index is -3.58. The van der Waals surface area contributed by atoms with Crippen LogP contribution in [0, 0.1) is 0 Å². The van der Waals surface area contributed by atoms with Crippen LogP contribution in [0.1, 0.15) is 24.2 Å². The zero-order valence-corrected chi connectivity index (χ0v) is 15.4. The fourth-order valence-corrected chi connectivity index (χ4v) is 4.31. The molecule has 1 aromatic heterocycles. The minimum absolute atomic E-state index is 0.152. The van der Waals surface area contributed by atoms with Crippen LogP contribution in [0.25, 0.3) is 10.9 Å². The number of carbonyl (C=O) groups excluding carboxylic acids is 1. The summed E-state index contributed by atoms with van der Waals surface area (Å²) in [6, 6.07) is 11.6. The van der Waals surface area contributed by atoms with Gasteiger partial charge in [-0.15, -0.1) is 0 Å². The number of nitrogens with zero attached hydrogens (tertiary/aromatic N) is 2. The summed E-state index contributed by atoms with van der Waals surface area (Å²) >= 11 is 0. The normalized spacial score (nSPS) is 11.8. The molecular weight excluding hydrogens is 352 g/mol. The Morgan fingerprint density at radius 1 is 1.15 bits per heavy atom. The summed E-state index contributed by atoms with van der Waals surface area (Å²) in [7, 11) is -3.58. The van der Waals surface area contributed by atoms with E-state index in [1.54, 1.807) is 44.3 Å². The molecule has 0 unspecified atom stereocenters.